The summed E-state index contributed by atoms with van der Waals surface area (Å²) in [5.41, 5.74) is 3.19. The average Bonchev–Trinajstić information content (AvgIpc) is 2.73. The van der Waals surface area contributed by atoms with Crippen LogP contribution in [-0.4, -0.2) is 5.91 Å². The molecule has 150 valence electrons. The predicted molar refractivity (Wildman–Crippen MR) is 114 cm³/mol. The van der Waals surface area contributed by atoms with Crippen LogP contribution in [0.15, 0.2) is 72.8 Å². The van der Waals surface area contributed by atoms with E-state index in [0.717, 1.165) is 16.9 Å². The minimum Gasteiger partial charge on any atom is -0.488 e. The summed E-state index contributed by atoms with van der Waals surface area (Å²) in [5, 5.41) is 6.22. The van der Waals surface area contributed by atoms with Gasteiger partial charge in [-0.2, -0.15) is 0 Å². The number of hydrogen-bond acceptors (Lipinski definition) is 3. The summed E-state index contributed by atoms with van der Waals surface area (Å²) in [6.07, 6.45) is 0. The molecule has 0 saturated heterocycles. The average molecular weight is 392 g/mol. The van der Waals surface area contributed by atoms with Crippen LogP contribution >= 0.6 is 0 Å². The molecule has 0 heterocycles. The van der Waals surface area contributed by atoms with Gasteiger partial charge >= 0.3 is 0 Å². The summed E-state index contributed by atoms with van der Waals surface area (Å²) in [5.74, 6) is 0.372. The highest BCUT2D eigenvalue weighted by Gasteiger charge is 2.08. The highest BCUT2D eigenvalue weighted by Crippen LogP contribution is 2.22. The van der Waals surface area contributed by atoms with E-state index in [4.69, 9.17) is 4.74 Å². The molecule has 0 saturated carbocycles. The van der Waals surface area contributed by atoms with E-state index in [-0.39, 0.29) is 24.2 Å². The van der Waals surface area contributed by atoms with Crippen molar-refractivity contribution in [2.24, 2.45) is 5.92 Å². The van der Waals surface area contributed by atoms with Crippen molar-refractivity contribution in [2.75, 3.05) is 10.6 Å². The van der Waals surface area contributed by atoms with E-state index in [9.17, 15) is 9.18 Å². The number of para-hydroxylation sites is 1. The van der Waals surface area contributed by atoms with Crippen molar-refractivity contribution in [3.63, 3.8) is 0 Å². The van der Waals surface area contributed by atoms with Gasteiger partial charge in [0.15, 0.2) is 0 Å². The molecule has 2 N–H and O–H groups in total. The van der Waals surface area contributed by atoms with Crippen LogP contribution in [0.25, 0.3) is 0 Å². The van der Waals surface area contributed by atoms with Crippen LogP contribution in [0.4, 0.5) is 15.8 Å². The van der Waals surface area contributed by atoms with Crippen LogP contribution in [0.3, 0.4) is 0 Å². The van der Waals surface area contributed by atoms with Crippen LogP contribution in [0.1, 0.15) is 25.0 Å². The SMILES string of the molecule is CC(C)C(=O)Nc1ccc(NCc2ccccc2OCc2ccccc2F)cc1. The van der Waals surface area contributed by atoms with Gasteiger partial charge in [-0.15, -0.1) is 0 Å². The first-order valence-corrected chi connectivity index (χ1v) is 9.62. The lowest BCUT2D eigenvalue weighted by Crippen LogP contribution is -2.17. The summed E-state index contributed by atoms with van der Waals surface area (Å²) in [7, 11) is 0. The Balaban J connectivity index is 1.59. The first-order valence-electron chi connectivity index (χ1n) is 9.62. The van der Waals surface area contributed by atoms with Crippen LogP contribution in [-0.2, 0) is 17.9 Å². The minimum atomic E-state index is -0.271. The number of rotatable bonds is 8. The standard InChI is InChI=1S/C24H25FN2O2/c1-17(2)24(28)27-21-13-11-20(12-14-21)26-15-18-7-4-6-10-23(18)29-16-19-8-3-5-9-22(19)25/h3-14,17,26H,15-16H2,1-2H3,(H,27,28). The normalized spacial score (nSPS) is 10.6. The molecule has 0 aromatic heterocycles. The molecule has 5 heteroatoms. The fourth-order valence-electron chi connectivity index (χ4n) is 2.72. The molecular formula is C24H25FN2O2. The summed E-state index contributed by atoms with van der Waals surface area (Å²) >= 11 is 0. The number of amides is 1. The van der Waals surface area contributed by atoms with Gasteiger partial charge in [0.2, 0.25) is 5.91 Å². The van der Waals surface area contributed by atoms with Crippen LogP contribution in [0.5, 0.6) is 5.75 Å². The van der Waals surface area contributed by atoms with Crippen molar-refractivity contribution in [1.82, 2.24) is 0 Å². The second kappa shape index (κ2) is 9.73. The number of nitrogens with one attached hydrogen (secondary N) is 2. The fourth-order valence-corrected chi connectivity index (χ4v) is 2.72. The second-order valence-electron chi connectivity index (χ2n) is 7.06. The van der Waals surface area contributed by atoms with Crippen molar-refractivity contribution >= 4 is 17.3 Å². The van der Waals surface area contributed by atoms with Gasteiger partial charge < -0.3 is 15.4 Å². The van der Waals surface area contributed by atoms with Crippen molar-refractivity contribution < 1.29 is 13.9 Å². The number of ether oxygens (including phenoxy) is 1. The number of carbonyl (C=O) groups is 1. The van der Waals surface area contributed by atoms with Crippen molar-refractivity contribution in [2.45, 2.75) is 27.0 Å². The molecule has 4 nitrogen and oxygen atoms in total. The van der Waals surface area contributed by atoms with Gasteiger partial charge in [0.1, 0.15) is 18.2 Å². The third-order valence-corrected chi connectivity index (χ3v) is 4.47. The van der Waals surface area contributed by atoms with E-state index in [1.165, 1.54) is 6.07 Å². The van der Waals surface area contributed by atoms with E-state index in [1.807, 2.05) is 62.4 Å². The smallest absolute Gasteiger partial charge is 0.226 e. The molecule has 0 unspecified atom stereocenters. The Hall–Kier alpha value is -3.34. The molecule has 0 aliphatic rings. The Morgan fingerprint density at radius 2 is 1.52 bits per heavy atom. The van der Waals surface area contributed by atoms with Crippen LogP contribution < -0.4 is 15.4 Å². The maximum Gasteiger partial charge on any atom is 0.226 e. The lowest BCUT2D eigenvalue weighted by atomic mass is 10.1. The Morgan fingerprint density at radius 1 is 0.897 bits per heavy atom. The third-order valence-electron chi connectivity index (χ3n) is 4.47. The van der Waals surface area contributed by atoms with Crippen LogP contribution in [0.2, 0.25) is 0 Å². The second-order valence-corrected chi connectivity index (χ2v) is 7.06. The number of halogens is 1. The lowest BCUT2D eigenvalue weighted by Gasteiger charge is -2.14. The summed E-state index contributed by atoms with van der Waals surface area (Å²) in [6, 6.07) is 21.9. The van der Waals surface area contributed by atoms with E-state index < -0.39 is 0 Å². The van der Waals surface area contributed by atoms with E-state index >= 15 is 0 Å². The van der Waals surface area contributed by atoms with Gasteiger partial charge in [0.25, 0.3) is 0 Å². The molecule has 29 heavy (non-hydrogen) atoms. The van der Waals surface area contributed by atoms with E-state index in [0.29, 0.717) is 17.9 Å². The lowest BCUT2D eigenvalue weighted by molar-refractivity contribution is -0.118. The molecular weight excluding hydrogens is 367 g/mol. The summed E-state index contributed by atoms with van der Waals surface area (Å²) in [6.45, 7) is 4.45. The van der Waals surface area contributed by atoms with Gasteiger partial charge in [0.05, 0.1) is 0 Å². The molecule has 0 aliphatic heterocycles. The highest BCUT2D eigenvalue weighted by molar-refractivity contribution is 5.92. The molecule has 3 aromatic carbocycles. The molecule has 3 rings (SSSR count). The summed E-state index contributed by atoms with van der Waals surface area (Å²) in [4.78, 5) is 11.8. The van der Waals surface area contributed by atoms with Gasteiger partial charge in [-0.1, -0.05) is 50.2 Å². The minimum absolute atomic E-state index is 0.00774. The van der Waals surface area contributed by atoms with Gasteiger partial charge in [-0.25, -0.2) is 4.39 Å². The molecule has 0 fully saturated rings. The zero-order valence-corrected chi connectivity index (χ0v) is 16.6. The highest BCUT2D eigenvalue weighted by atomic mass is 19.1. The zero-order chi connectivity index (χ0) is 20.6. The van der Waals surface area contributed by atoms with E-state index in [1.54, 1.807) is 18.2 Å². The number of hydrogen-bond donors (Lipinski definition) is 2. The van der Waals surface area contributed by atoms with Gasteiger partial charge in [0, 0.05) is 35.0 Å². The monoisotopic (exact) mass is 392 g/mol. The molecule has 0 atom stereocenters. The Bertz CT molecular complexity index is 955. The largest absolute Gasteiger partial charge is 0.488 e. The van der Waals surface area contributed by atoms with Crippen molar-refractivity contribution in [3.8, 4) is 5.75 Å². The molecule has 3 aromatic rings. The maximum absolute atomic E-state index is 13.8. The van der Waals surface area contributed by atoms with Crippen LogP contribution in [0, 0.1) is 11.7 Å². The van der Waals surface area contributed by atoms with Gasteiger partial charge in [-0.3, -0.25) is 4.79 Å². The first-order chi connectivity index (χ1) is 14.0. The third kappa shape index (κ3) is 5.82. The fraction of sp³-hybridized carbons (Fsp3) is 0.208. The Morgan fingerprint density at radius 3 is 2.21 bits per heavy atom. The predicted octanol–water partition coefficient (Wildman–Crippen LogP) is 5.61. The Kier molecular flexibility index (Phi) is 6.85. The summed E-state index contributed by atoms with van der Waals surface area (Å²) < 4.78 is 19.6. The zero-order valence-electron chi connectivity index (χ0n) is 16.6. The quantitative estimate of drug-likeness (QED) is 0.524. The topological polar surface area (TPSA) is 50.4 Å². The Labute approximate surface area is 170 Å². The number of benzene rings is 3. The first kappa shape index (κ1) is 20.4. The molecule has 0 aliphatic carbocycles. The number of anilines is 2. The molecule has 0 spiro atoms. The number of carbonyl (C=O) groups excluding carboxylic acids is 1. The van der Waals surface area contributed by atoms with Gasteiger partial charge in [-0.05, 0) is 36.4 Å². The molecule has 1 amide bonds. The maximum atomic E-state index is 13.8. The molecule has 0 radical (unpaired) electrons. The van der Waals surface area contributed by atoms with E-state index in [2.05, 4.69) is 10.6 Å². The van der Waals surface area contributed by atoms with Crippen molar-refractivity contribution in [3.05, 3.63) is 89.7 Å². The molecule has 0 bridgehead atoms. The van der Waals surface area contributed by atoms with Crippen molar-refractivity contribution in [1.29, 1.82) is 0 Å².